The molecule has 0 bridgehead atoms. The average Bonchev–Trinajstić information content (AvgIpc) is 2.13. The number of sulfonamides is 1. The first kappa shape index (κ1) is 14.9. The Morgan fingerprint density at radius 1 is 1.33 bits per heavy atom. The molecular weight excluding hydrogens is 255 g/mol. The van der Waals surface area contributed by atoms with E-state index in [1.807, 2.05) is 20.8 Å². The molecule has 0 saturated heterocycles. The van der Waals surface area contributed by atoms with Crippen LogP contribution < -0.4 is 5.73 Å². The lowest BCUT2D eigenvalue weighted by molar-refractivity contribution is 0.311. The number of benzene rings is 1. The Hall–Kier alpha value is -1.14. The molecule has 18 heavy (non-hydrogen) atoms. The lowest BCUT2D eigenvalue weighted by Gasteiger charge is -2.26. The van der Waals surface area contributed by atoms with Gasteiger partial charge in [-0.1, -0.05) is 20.8 Å². The first-order valence-electron chi connectivity index (χ1n) is 5.55. The predicted molar refractivity (Wildman–Crippen MR) is 70.1 cm³/mol. The first-order chi connectivity index (χ1) is 8.04. The predicted octanol–water partition coefficient (Wildman–Crippen LogP) is 2.07. The third kappa shape index (κ3) is 3.43. The summed E-state index contributed by atoms with van der Waals surface area (Å²) >= 11 is 0. The number of nitrogens with zero attached hydrogens (tertiary/aromatic N) is 1. The van der Waals surface area contributed by atoms with Gasteiger partial charge in [0.05, 0.1) is 5.69 Å². The molecule has 0 amide bonds. The minimum Gasteiger partial charge on any atom is -0.398 e. The average molecular weight is 274 g/mol. The summed E-state index contributed by atoms with van der Waals surface area (Å²) in [4.78, 5) is -0.0596. The van der Waals surface area contributed by atoms with Gasteiger partial charge in [0.25, 0.3) is 0 Å². The summed E-state index contributed by atoms with van der Waals surface area (Å²) < 4.78 is 38.7. The van der Waals surface area contributed by atoms with E-state index in [1.54, 1.807) is 0 Å². The molecule has 0 saturated carbocycles. The molecule has 1 rings (SSSR count). The minimum atomic E-state index is -3.68. The van der Waals surface area contributed by atoms with Crippen LogP contribution in [-0.2, 0) is 10.0 Å². The second-order valence-corrected chi connectivity index (χ2v) is 7.52. The van der Waals surface area contributed by atoms with Gasteiger partial charge in [-0.25, -0.2) is 17.1 Å². The molecule has 0 atom stereocenters. The number of anilines is 1. The highest BCUT2D eigenvalue weighted by molar-refractivity contribution is 7.89. The van der Waals surface area contributed by atoms with Gasteiger partial charge in [0.15, 0.2) is 0 Å². The topological polar surface area (TPSA) is 63.4 Å². The van der Waals surface area contributed by atoms with Crippen molar-refractivity contribution in [3.05, 3.63) is 24.0 Å². The molecule has 0 fully saturated rings. The molecule has 0 aromatic heterocycles. The number of hydrogen-bond acceptors (Lipinski definition) is 3. The van der Waals surface area contributed by atoms with Gasteiger partial charge < -0.3 is 5.73 Å². The molecule has 0 heterocycles. The van der Waals surface area contributed by atoms with Crippen molar-refractivity contribution in [3.8, 4) is 0 Å². The highest BCUT2D eigenvalue weighted by Crippen LogP contribution is 2.25. The summed E-state index contributed by atoms with van der Waals surface area (Å²) in [5.74, 6) is -0.551. The first-order valence-corrected chi connectivity index (χ1v) is 6.99. The van der Waals surface area contributed by atoms with Crippen molar-refractivity contribution in [1.29, 1.82) is 0 Å². The summed E-state index contributed by atoms with van der Waals surface area (Å²) in [5, 5.41) is 0. The zero-order valence-electron chi connectivity index (χ0n) is 11.1. The Kier molecular flexibility index (Phi) is 4.02. The molecule has 102 valence electrons. The summed E-state index contributed by atoms with van der Waals surface area (Å²) in [6.07, 6.45) is 0. The van der Waals surface area contributed by atoms with E-state index in [0.717, 1.165) is 12.1 Å². The molecule has 0 aliphatic carbocycles. The van der Waals surface area contributed by atoms with Crippen LogP contribution in [-0.4, -0.2) is 26.3 Å². The van der Waals surface area contributed by atoms with Gasteiger partial charge in [0, 0.05) is 13.6 Å². The molecule has 0 aliphatic rings. The smallest absolute Gasteiger partial charge is 0.244 e. The van der Waals surface area contributed by atoms with Crippen LogP contribution in [0.15, 0.2) is 23.1 Å². The van der Waals surface area contributed by atoms with Crippen molar-refractivity contribution < 1.29 is 12.8 Å². The van der Waals surface area contributed by atoms with E-state index in [4.69, 9.17) is 5.73 Å². The van der Waals surface area contributed by atoms with Gasteiger partial charge in [-0.2, -0.15) is 0 Å². The van der Waals surface area contributed by atoms with Crippen molar-refractivity contribution in [2.45, 2.75) is 25.7 Å². The van der Waals surface area contributed by atoms with Gasteiger partial charge in [0.1, 0.15) is 10.7 Å². The van der Waals surface area contributed by atoms with E-state index >= 15 is 0 Å². The van der Waals surface area contributed by atoms with Gasteiger partial charge in [0.2, 0.25) is 10.0 Å². The highest BCUT2D eigenvalue weighted by atomic mass is 32.2. The number of nitrogens with two attached hydrogens (primary N) is 1. The van der Waals surface area contributed by atoms with Crippen LogP contribution in [0.4, 0.5) is 10.1 Å². The summed E-state index contributed by atoms with van der Waals surface area (Å²) in [6.45, 7) is 6.17. The fourth-order valence-electron chi connectivity index (χ4n) is 1.68. The van der Waals surface area contributed by atoms with Gasteiger partial charge in [-0.05, 0) is 23.6 Å². The fourth-order valence-corrected chi connectivity index (χ4v) is 3.16. The Bertz CT molecular complexity index is 535. The normalized spacial score (nSPS) is 13.0. The Labute approximate surface area is 108 Å². The fraction of sp³-hybridized carbons (Fsp3) is 0.500. The lowest BCUT2D eigenvalue weighted by atomic mass is 9.97. The van der Waals surface area contributed by atoms with Crippen molar-refractivity contribution in [2.75, 3.05) is 19.3 Å². The lowest BCUT2D eigenvalue weighted by Crippen LogP contribution is -2.34. The largest absolute Gasteiger partial charge is 0.398 e. The van der Waals surface area contributed by atoms with Gasteiger partial charge in [-0.3, -0.25) is 0 Å². The number of halogens is 1. The highest BCUT2D eigenvalue weighted by Gasteiger charge is 2.26. The molecule has 4 nitrogen and oxygen atoms in total. The molecule has 1 aromatic rings. The Morgan fingerprint density at radius 3 is 2.33 bits per heavy atom. The van der Waals surface area contributed by atoms with Crippen LogP contribution in [0.25, 0.3) is 0 Å². The van der Waals surface area contributed by atoms with Gasteiger partial charge >= 0.3 is 0 Å². The molecule has 2 N–H and O–H groups in total. The van der Waals surface area contributed by atoms with Crippen LogP contribution in [0.1, 0.15) is 20.8 Å². The second kappa shape index (κ2) is 4.85. The van der Waals surface area contributed by atoms with E-state index in [2.05, 4.69) is 0 Å². The van der Waals surface area contributed by atoms with Crippen molar-refractivity contribution >= 4 is 15.7 Å². The van der Waals surface area contributed by atoms with Crippen LogP contribution in [0, 0.1) is 11.2 Å². The molecular formula is C12H19FN2O2S. The molecule has 0 unspecified atom stereocenters. The minimum absolute atomic E-state index is 0.0596. The van der Waals surface area contributed by atoms with Crippen molar-refractivity contribution in [2.24, 2.45) is 5.41 Å². The molecule has 0 radical (unpaired) electrons. The monoisotopic (exact) mass is 274 g/mol. The third-order valence-corrected chi connectivity index (χ3v) is 4.23. The van der Waals surface area contributed by atoms with Crippen LogP contribution in [0.3, 0.4) is 0 Å². The van der Waals surface area contributed by atoms with E-state index < -0.39 is 15.8 Å². The zero-order valence-corrected chi connectivity index (χ0v) is 11.9. The molecule has 1 aromatic carbocycles. The maximum absolute atomic E-state index is 12.9. The quantitative estimate of drug-likeness (QED) is 0.858. The second-order valence-electron chi connectivity index (χ2n) is 5.50. The maximum Gasteiger partial charge on any atom is 0.244 e. The summed E-state index contributed by atoms with van der Waals surface area (Å²) in [7, 11) is -2.19. The van der Waals surface area contributed by atoms with E-state index in [9.17, 15) is 12.8 Å². The van der Waals surface area contributed by atoms with Crippen LogP contribution in [0.2, 0.25) is 0 Å². The summed E-state index contributed by atoms with van der Waals surface area (Å²) in [6, 6.07) is 3.30. The zero-order chi connectivity index (χ0) is 14.1. The molecule has 0 aliphatic heterocycles. The SMILES string of the molecule is CN(CC(C)(C)C)S(=O)(=O)c1ccc(F)cc1N. The summed E-state index contributed by atoms with van der Waals surface area (Å²) in [5.41, 5.74) is 5.32. The molecule has 6 heteroatoms. The Morgan fingerprint density at radius 2 is 1.89 bits per heavy atom. The maximum atomic E-state index is 12.9. The van der Waals surface area contributed by atoms with Crippen molar-refractivity contribution in [3.63, 3.8) is 0 Å². The standard InChI is InChI=1S/C12H19FN2O2S/c1-12(2,3)8-15(4)18(16,17)11-6-5-9(13)7-10(11)14/h5-7H,8,14H2,1-4H3. The van der Waals surface area contributed by atoms with E-state index in [-0.39, 0.29) is 16.0 Å². The van der Waals surface area contributed by atoms with Crippen LogP contribution in [0.5, 0.6) is 0 Å². The number of rotatable bonds is 3. The number of nitrogen functional groups attached to an aromatic ring is 1. The number of hydrogen-bond donors (Lipinski definition) is 1. The van der Waals surface area contributed by atoms with E-state index in [0.29, 0.717) is 6.54 Å². The van der Waals surface area contributed by atoms with Gasteiger partial charge in [-0.15, -0.1) is 0 Å². The van der Waals surface area contributed by atoms with E-state index in [1.165, 1.54) is 17.4 Å². The Balaban J connectivity index is 3.14. The van der Waals surface area contributed by atoms with Crippen LogP contribution >= 0.6 is 0 Å². The third-order valence-electron chi connectivity index (χ3n) is 2.36. The molecule has 0 spiro atoms. The van der Waals surface area contributed by atoms with Crippen molar-refractivity contribution in [1.82, 2.24) is 4.31 Å².